The van der Waals surface area contributed by atoms with Crippen molar-refractivity contribution in [1.82, 2.24) is 10.2 Å². The number of imide groups is 2. The van der Waals surface area contributed by atoms with Gasteiger partial charge in [-0.15, -0.1) is 0 Å². The summed E-state index contributed by atoms with van der Waals surface area (Å²) in [5.74, 6) is -1.27. The van der Waals surface area contributed by atoms with Crippen molar-refractivity contribution in [3.8, 4) is 0 Å². The molecule has 276 valence electrons. The van der Waals surface area contributed by atoms with Crippen LogP contribution in [0.1, 0.15) is 52.6 Å². The summed E-state index contributed by atoms with van der Waals surface area (Å²) >= 11 is 3.33. The Labute approximate surface area is 326 Å². The fourth-order valence-electron chi connectivity index (χ4n) is 5.69. The molecule has 4 amide bonds. The third-order valence-electron chi connectivity index (χ3n) is 8.59. The summed E-state index contributed by atoms with van der Waals surface area (Å²) in [6.07, 6.45) is 0. The van der Waals surface area contributed by atoms with Crippen molar-refractivity contribution in [3.05, 3.63) is 191 Å². The predicted molar refractivity (Wildman–Crippen MR) is 208 cm³/mol. The Bertz CT molecular complexity index is 2550. The summed E-state index contributed by atoms with van der Waals surface area (Å²) in [5, 5.41) is 2.93. The number of hydrogen-bond donors (Lipinski definition) is 1. The lowest BCUT2D eigenvalue weighted by molar-refractivity contribution is 0.0641. The topological polar surface area (TPSA) is 152 Å². The summed E-state index contributed by atoms with van der Waals surface area (Å²) in [6, 6.07) is 43.2. The van der Waals surface area contributed by atoms with Gasteiger partial charge < -0.3 is 0 Å². The van der Waals surface area contributed by atoms with Gasteiger partial charge in [0.2, 0.25) is 19.7 Å². The molecule has 6 aromatic rings. The summed E-state index contributed by atoms with van der Waals surface area (Å²) < 4.78 is 49.7. The lowest BCUT2D eigenvalue weighted by atomic mass is 10.1. The van der Waals surface area contributed by atoms with Gasteiger partial charge in [0.15, 0.2) is 0 Å². The molecule has 0 bridgehead atoms. The number of nitrogens with one attached hydrogen (secondary N) is 1. The molecule has 0 aliphatic carbocycles. The van der Waals surface area contributed by atoms with E-state index < -0.39 is 19.7 Å². The molecule has 6 aromatic carbocycles. The molecule has 0 saturated carbocycles. The molecular weight excluding hydrogens is 805 g/mol. The van der Waals surface area contributed by atoms with Crippen LogP contribution in [0.25, 0.3) is 0 Å². The van der Waals surface area contributed by atoms with Crippen LogP contribution < -0.4 is 5.32 Å². The number of hydrogen-bond acceptors (Lipinski definition) is 8. The van der Waals surface area contributed by atoms with Crippen LogP contribution in [-0.2, 0) is 31.5 Å². The fraction of sp³-hybridized carbons (Fsp3) is 0.0476. The summed E-state index contributed by atoms with van der Waals surface area (Å²) in [5.41, 5.74) is 3.46. The first-order valence-corrected chi connectivity index (χ1v) is 20.7. The van der Waals surface area contributed by atoms with E-state index in [0.29, 0.717) is 37.6 Å². The molecule has 13 heteroatoms. The van der Waals surface area contributed by atoms with Crippen LogP contribution >= 0.6 is 15.9 Å². The minimum Gasteiger partial charge on any atom is -0.288 e. The molecular formula is C42H31BrN2O8S2. The molecule has 0 aromatic heterocycles. The summed E-state index contributed by atoms with van der Waals surface area (Å²) in [4.78, 5) is 49.0. The Kier molecular flexibility index (Phi) is 11.6. The van der Waals surface area contributed by atoms with E-state index in [-0.39, 0.29) is 40.0 Å². The van der Waals surface area contributed by atoms with Gasteiger partial charge in [-0.25, -0.2) is 16.8 Å². The number of carbonyl (C=O) groups is 4. The molecule has 0 fully saturated rings. The molecule has 0 unspecified atom stereocenters. The number of benzene rings is 6. The Balaban J connectivity index is 0.000000156. The molecule has 2 aliphatic rings. The van der Waals surface area contributed by atoms with Crippen molar-refractivity contribution in [1.29, 1.82) is 0 Å². The van der Waals surface area contributed by atoms with Crippen LogP contribution in [0, 0.1) is 0 Å². The maximum atomic E-state index is 12.6. The van der Waals surface area contributed by atoms with Crippen molar-refractivity contribution in [2.45, 2.75) is 31.5 Å². The molecule has 2 heterocycles. The maximum Gasteiger partial charge on any atom is 0.261 e. The first-order chi connectivity index (χ1) is 26.4. The molecule has 0 atom stereocenters. The molecule has 55 heavy (non-hydrogen) atoms. The Morgan fingerprint density at radius 3 is 1.13 bits per heavy atom. The average Bonchev–Trinajstić information content (AvgIpc) is 3.65. The van der Waals surface area contributed by atoms with Crippen LogP contribution in [0.2, 0.25) is 0 Å². The van der Waals surface area contributed by atoms with E-state index in [2.05, 4.69) is 21.2 Å². The van der Waals surface area contributed by atoms with Gasteiger partial charge in [0, 0.05) is 5.33 Å². The van der Waals surface area contributed by atoms with E-state index in [9.17, 15) is 36.0 Å². The number of amides is 4. The molecule has 8 rings (SSSR count). The minimum absolute atomic E-state index is 0.0952. The van der Waals surface area contributed by atoms with Crippen LogP contribution in [0.15, 0.2) is 177 Å². The van der Waals surface area contributed by atoms with Crippen molar-refractivity contribution >= 4 is 59.2 Å². The number of halogens is 1. The molecule has 0 radical (unpaired) electrons. The van der Waals surface area contributed by atoms with Gasteiger partial charge in [-0.2, -0.15) is 0 Å². The van der Waals surface area contributed by atoms with E-state index in [1.807, 2.05) is 12.1 Å². The van der Waals surface area contributed by atoms with Crippen molar-refractivity contribution in [2.75, 3.05) is 0 Å². The highest BCUT2D eigenvalue weighted by atomic mass is 79.9. The van der Waals surface area contributed by atoms with Gasteiger partial charge in [-0.05, 0) is 83.9 Å². The smallest absolute Gasteiger partial charge is 0.261 e. The summed E-state index contributed by atoms with van der Waals surface area (Å²) in [6.45, 7) is 0.0952. The number of nitrogens with zero attached hydrogens (tertiary/aromatic N) is 1. The number of sulfone groups is 2. The van der Waals surface area contributed by atoms with E-state index in [1.165, 1.54) is 17.0 Å². The third-order valence-corrected chi connectivity index (χ3v) is 12.8. The minimum atomic E-state index is -3.60. The zero-order chi connectivity index (χ0) is 39.2. The quantitative estimate of drug-likeness (QED) is 0.130. The summed E-state index contributed by atoms with van der Waals surface area (Å²) in [7, 11) is -6.97. The van der Waals surface area contributed by atoms with Gasteiger partial charge in [0.1, 0.15) is 0 Å². The zero-order valence-electron chi connectivity index (χ0n) is 28.8. The van der Waals surface area contributed by atoms with E-state index in [4.69, 9.17) is 0 Å². The van der Waals surface area contributed by atoms with Crippen LogP contribution in [0.3, 0.4) is 0 Å². The van der Waals surface area contributed by atoms with Crippen LogP contribution in [0.4, 0.5) is 0 Å². The van der Waals surface area contributed by atoms with Gasteiger partial charge in [-0.1, -0.05) is 101 Å². The average molecular weight is 836 g/mol. The van der Waals surface area contributed by atoms with Gasteiger partial charge >= 0.3 is 0 Å². The van der Waals surface area contributed by atoms with Crippen molar-refractivity contribution < 1.29 is 36.0 Å². The number of alkyl halides is 1. The predicted octanol–water partition coefficient (Wildman–Crippen LogP) is 7.30. The Hall–Kier alpha value is -6.02. The second-order valence-electron chi connectivity index (χ2n) is 12.1. The maximum absolute atomic E-state index is 12.6. The second-order valence-corrected chi connectivity index (χ2v) is 16.6. The standard InChI is InChI=1S/C21H15NO4S.C13H11BrO2S.C8H5NO2/c23-20-18-8-4-5-9-19(18)21(24)22(20)14-15-10-12-17(13-11-15)27(25,26)16-6-2-1-3-7-16;14-10-11-6-8-13(9-7-11)17(15,16)12-4-2-1-3-5-12;10-7-5-3-1-2-4-6(5)8(11)9-7/h1-13H,14H2;1-9H,10H2;1-4H,(H,9,10,11). The lowest BCUT2D eigenvalue weighted by Gasteiger charge is -2.14. The van der Waals surface area contributed by atoms with Crippen molar-refractivity contribution in [2.24, 2.45) is 0 Å². The highest BCUT2D eigenvalue weighted by Gasteiger charge is 2.35. The highest BCUT2D eigenvalue weighted by Crippen LogP contribution is 2.26. The Morgan fingerprint density at radius 2 is 0.745 bits per heavy atom. The van der Waals surface area contributed by atoms with Gasteiger partial charge in [-0.3, -0.25) is 29.4 Å². The van der Waals surface area contributed by atoms with Gasteiger partial charge in [0.05, 0.1) is 48.4 Å². The Morgan fingerprint density at radius 1 is 0.418 bits per heavy atom. The largest absolute Gasteiger partial charge is 0.288 e. The normalized spacial score (nSPS) is 13.1. The van der Waals surface area contributed by atoms with Crippen LogP contribution in [0.5, 0.6) is 0 Å². The van der Waals surface area contributed by atoms with E-state index in [1.54, 1.807) is 133 Å². The van der Waals surface area contributed by atoms with E-state index in [0.717, 1.165) is 10.9 Å². The number of fused-ring (bicyclic) bond motifs is 2. The lowest BCUT2D eigenvalue weighted by Crippen LogP contribution is -2.29. The van der Waals surface area contributed by atoms with Crippen LogP contribution in [-0.4, -0.2) is 45.4 Å². The first-order valence-electron chi connectivity index (χ1n) is 16.7. The number of carbonyl (C=O) groups excluding carboxylic acids is 4. The fourth-order valence-corrected chi connectivity index (χ4v) is 8.62. The molecule has 10 nitrogen and oxygen atoms in total. The van der Waals surface area contributed by atoms with Crippen molar-refractivity contribution in [3.63, 3.8) is 0 Å². The molecule has 1 N–H and O–H groups in total. The highest BCUT2D eigenvalue weighted by molar-refractivity contribution is 9.08. The number of rotatable bonds is 7. The SMILES string of the molecule is O=C1NC(=O)c2ccccc21.O=C1c2ccccc2C(=O)N1Cc1ccc(S(=O)(=O)c2ccccc2)cc1.O=S(=O)(c1ccccc1)c1ccc(CBr)cc1. The molecule has 2 aliphatic heterocycles. The molecule has 0 saturated heterocycles. The zero-order valence-corrected chi connectivity index (χ0v) is 32.1. The molecule has 0 spiro atoms. The van der Waals surface area contributed by atoms with E-state index >= 15 is 0 Å². The third kappa shape index (κ3) is 8.39. The second kappa shape index (κ2) is 16.6. The first kappa shape index (κ1) is 38.7. The van der Waals surface area contributed by atoms with Gasteiger partial charge in [0.25, 0.3) is 23.6 Å². The monoisotopic (exact) mass is 834 g/mol.